The summed E-state index contributed by atoms with van der Waals surface area (Å²) in [4.78, 5) is 17.4. The molecular weight excluding hydrogens is 663 g/mol. The van der Waals surface area contributed by atoms with Crippen LogP contribution in [0, 0.1) is 33.5 Å². The highest BCUT2D eigenvalue weighted by molar-refractivity contribution is 6.33. The van der Waals surface area contributed by atoms with Crippen molar-refractivity contribution in [2.45, 2.75) is 109 Å². The first-order valence-corrected chi connectivity index (χ1v) is 19.1. The van der Waals surface area contributed by atoms with Gasteiger partial charge in [0, 0.05) is 33.9 Å². The van der Waals surface area contributed by atoms with Crippen molar-refractivity contribution in [3.05, 3.63) is 70.5 Å². The van der Waals surface area contributed by atoms with Crippen molar-refractivity contribution in [1.82, 2.24) is 4.90 Å². The number of alkyl halides is 3. The minimum Gasteiger partial charge on any atom is -0.453 e. The molecule has 9 heteroatoms. The first-order valence-electron chi connectivity index (χ1n) is 18.7. The van der Waals surface area contributed by atoms with Crippen LogP contribution in [0.2, 0.25) is 5.02 Å². The fraction of sp³-hybridized carbons (Fsp3) is 0.634. The Hall–Kier alpha value is -2.39. The van der Waals surface area contributed by atoms with Gasteiger partial charge in [0.25, 0.3) is 0 Å². The van der Waals surface area contributed by atoms with Crippen molar-refractivity contribution in [2.75, 3.05) is 19.6 Å². The lowest BCUT2D eigenvalue weighted by atomic mass is 9.32. The van der Waals surface area contributed by atoms with E-state index in [-0.39, 0.29) is 45.1 Å². The van der Waals surface area contributed by atoms with Gasteiger partial charge in [-0.05, 0) is 118 Å². The van der Waals surface area contributed by atoms with Gasteiger partial charge in [0.05, 0.1) is 22.3 Å². The Morgan fingerprint density at radius 3 is 2.36 bits per heavy atom. The molecule has 2 spiro atoms. The fourth-order valence-corrected chi connectivity index (χ4v) is 12.3. The van der Waals surface area contributed by atoms with E-state index in [1.807, 2.05) is 0 Å². The Balaban J connectivity index is 1.20. The third-order valence-electron chi connectivity index (χ3n) is 14.8. The molecule has 270 valence electrons. The van der Waals surface area contributed by atoms with Crippen LogP contribution < -0.4 is 0 Å². The van der Waals surface area contributed by atoms with Crippen LogP contribution in [0.3, 0.4) is 0 Å². The monoisotopic (exact) mass is 711 g/mol. The average Bonchev–Trinajstić information content (AvgIpc) is 3.64. The van der Waals surface area contributed by atoms with E-state index in [0.29, 0.717) is 25.0 Å². The van der Waals surface area contributed by atoms with Gasteiger partial charge < -0.3 is 19.5 Å². The zero-order chi connectivity index (χ0) is 35.3. The third-order valence-corrected chi connectivity index (χ3v) is 15.1. The first-order chi connectivity index (χ1) is 23.7. The van der Waals surface area contributed by atoms with Crippen LogP contribution in [0.5, 0.6) is 0 Å². The van der Waals surface area contributed by atoms with E-state index in [4.69, 9.17) is 16.0 Å². The molecule has 2 bridgehead atoms. The topological polar surface area (TPSA) is 73.9 Å². The number of halogens is 4. The van der Waals surface area contributed by atoms with Crippen molar-refractivity contribution in [3.63, 3.8) is 0 Å². The summed E-state index contributed by atoms with van der Waals surface area (Å²) >= 11 is 6.37. The number of fused-ring (bicyclic) bond motifs is 1. The number of hydrogen-bond acceptors (Lipinski definition) is 5. The summed E-state index contributed by atoms with van der Waals surface area (Å²) in [5.41, 5.74) is -2.77. The zero-order valence-electron chi connectivity index (χ0n) is 29.1. The second kappa shape index (κ2) is 11.8. The van der Waals surface area contributed by atoms with E-state index in [0.717, 1.165) is 70.2 Å². The van der Waals surface area contributed by atoms with Gasteiger partial charge >= 0.3 is 6.18 Å². The summed E-state index contributed by atoms with van der Waals surface area (Å²) in [5.74, 6) is 0.0203. The molecule has 9 rings (SSSR count). The summed E-state index contributed by atoms with van der Waals surface area (Å²) in [6.45, 7) is 7.26. The number of aliphatic hydroxyl groups excluding tert-OH is 1. The molecule has 4 fully saturated rings. The minimum atomic E-state index is -4.56. The van der Waals surface area contributed by atoms with Crippen LogP contribution in [0.15, 0.2) is 58.6 Å². The van der Waals surface area contributed by atoms with Gasteiger partial charge in [-0.15, -0.1) is 0 Å². The van der Waals surface area contributed by atoms with Crippen molar-refractivity contribution in [2.24, 2.45) is 33.5 Å². The van der Waals surface area contributed by atoms with Crippen LogP contribution in [-0.4, -0.2) is 52.2 Å². The number of benzene rings is 1. The van der Waals surface area contributed by atoms with Gasteiger partial charge in [-0.3, -0.25) is 4.79 Å². The second-order valence-electron chi connectivity index (χ2n) is 17.0. The lowest BCUT2D eigenvalue weighted by Crippen LogP contribution is -2.67. The molecule has 1 aromatic heterocycles. The molecule has 0 radical (unpaired) electrons. The number of likely N-dealkylation sites (tertiary alicyclic amines) is 1. The number of β-amino-alcohol motifs (C(OH)–C–C–N with tert-alkyl or cyclic N) is 1. The van der Waals surface area contributed by atoms with Crippen LogP contribution in [0.1, 0.15) is 107 Å². The normalized spacial score (nSPS) is 40.0. The molecule has 1 unspecified atom stereocenters. The number of ketones is 1. The molecule has 1 aromatic carbocycles. The molecule has 1 aliphatic heterocycles. The van der Waals surface area contributed by atoms with Crippen molar-refractivity contribution in [3.8, 4) is 11.3 Å². The molecule has 7 aliphatic rings. The molecule has 2 heterocycles. The lowest BCUT2D eigenvalue weighted by molar-refractivity contribution is -0.176. The SMILES string of the molecule is C[C@]12CC[C@H]3[C@]4(C=C[C@@]5(C=C4C(=O)c4ccc(-c6cc(C(F)(F)F)ccc6Cl)o4)CC(O)CC[C@]35C)[C@@H]1CC[C@@]2(O)CN1CCCCCCC1. The highest BCUT2D eigenvalue weighted by atomic mass is 35.5. The van der Waals surface area contributed by atoms with Crippen molar-refractivity contribution in [1.29, 1.82) is 0 Å². The molecule has 0 amide bonds. The van der Waals surface area contributed by atoms with Crippen molar-refractivity contribution >= 4 is 17.4 Å². The number of nitrogens with zero attached hydrogens (tertiary/aromatic N) is 1. The lowest BCUT2D eigenvalue weighted by Gasteiger charge is -2.71. The predicted molar refractivity (Wildman–Crippen MR) is 187 cm³/mol. The number of carbonyl (C=O) groups excluding carboxylic acids is 1. The number of Topliss-reactive ketones (excluding diaryl/α,β-unsaturated/α-hetero) is 1. The third kappa shape index (κ3) is 4.94. The molecule has 2 aromatic rings. The zero-order valence-corrected chi connectivity index (χ0v) is 29.9. The Morgan fingerprint density at radius 2 is 1.62 bits per heavy atom. The molecule has 3 saturated carbocycles. The Labute approximate surface area is 297 Å². The summed E-state index contributed by atoms with van der Waals surface area (Å²) in [6.07, 6.45) is 13.0. The molecule has 6 aliphatic carbocycles. The number of allylic oxidation sites excluding steroid dienone is 4. The molecule has 1 saturated heterocycles. The van der Waals surface area contributed by atoms with E-state index in [1.54, 1.807) is 6.07 Å². The summed E-state index contributed by atoms with van der Waals surface area (Å²) < 4.78 is 46.9. The maximum atomic E-state index is 15.0. The van der Waals surface area contributed by atoms with E-state index >= 15 is 0 Å². The van der Waals surface area contributed by atoms with Gasteiger partial charge in [-0.25, -0.2) is 0 Å². The first kappa shape index (κ1) is 34.7. The Kier molecular flexibility index (Phi) is 8.19. The fourth-order valence-electron chi connectivity index (χ4n) is 12.1. The maximum absolute atomic E-state index is 15.0. The van der Waals surface area contributed by atoms with Gasteiger partial charge in [0.2, 0.25) is 5.78 Å². The number of aliphatic hydroxyl groups is 2. The molecular formula is C41H49ClF3NO4. The predicted octanol–water partition coefficient (Wildman–Crippen LogP) is 9.66. The van der Waals surface area contributed by atoms with Crippen LogP contribution in [0.25, 0.3) is 11.3 Å². The summed E-state index contributed by atoms with van der Waals surface area (Å²) in [5, 5.41) is 23.9. The quantitative estimate of drug-likeness (QED) is 0.239. The Bertz CT molecular complexity index is 1740. The van der Waals surface area contributed by atoms with Gasteiger partial charge in [-0.1, -0.05) is 62.9 Å². The largest absolute Gasteiger partial charge is 0.453 e. The minimum absolute atomic E-state index is 0.00859. The highest BCUT2D eigenvalue weighted by Crippen LogP contribution is 2.78. The van der Waals surface area contributed by atoms with E-state index in [9.17, 15) is 28.2 Å². The van der Waals surface area contributed by atoms with Gasteiger partial charge in [0.15, 0.2) is 5.76 Å². The number of furan rings is 1. The summed E-state index contributed by atoms with van der Waals surface area (Å²) in [7, 11) is 0. The number of hydrogen-bond donors (Lipinski definition) is 2. The Morgan fingerprint density at radius 1 is 0.940 bits per heavy atom. The van der Waals surface area contributed by atoms with Crippen LogP contribution >= 0.6 is 11.6 Å². The number of carbonyl (C=O) groups is 1. The van der Waals surface area contributed by atoms with Gasteiger partial charge in [0.1, 0.15) is 5.76 Å². The van der Waals surface area contributed by atoms with Crippen LogP contribution in [0.4, 0.5) is 13.2 Å². The molecule has 5 nitrogen and oxygen atoms in total. The maximum Gasteiger partial charge on any atom is 0.416 e. The van der Waals surface area contributed by atoms with E-state index in [1.165, 1.54) is 31.4 Å². The molecule has 50 heavy (non-hydrogen) atoms. The smallest absolute Gasteiger partial charge is 0.416 e. The second-order valence-corrected chi connectivity index (χ2v) is 17.4. The van der Waals surface area contributed by atoms with E-state index in [2.05, 4.69) is 37.0 Å². The molecule has 8 atom stereocenters. The number of rotatable bonds is 5. The highest BCUT2D eigenvalue weighted by Gasteiger charge is 2.74. The molecule has 2 N–H and O–H groups in total. The van der Waals surface area contributed by atoms with Crippen LogP contribution in [-0.2, 0) is 6.18 Å². The standard InChI is InChI=1S/C41H49ClF3NO4/c1-36-15-12-27(47)23-38(36)18-19-40(29(24-38)35(48)32-11-10-31(50-32)28-22-26(41(43,44)45)8-9-30(28)42)33(36)13-16-37(2)34(40)14-17-39(37,49)25-46-20-6-4-3-5-7-21-46/h8-11,18-19,22,24,27,33-34,47,49H,3-7,12-17,20-21,23,25H2,1-2H3/t27?,33-,34-,36-,37+,38+,39-,40-/m1/s1. The van der Waals surface area contributed by atoms with E-state index < -0.39 is 39.7 Å². The van der Waals surface area contributed by atoms with Crippen molar-refractivity contribution < 1.29 is 32.6 Å². The average molecular weight is 712 g/mol. The summed E-state index contributed by atoms with van der Waals surface area (Å²) in [6, 6.07) is 6.17. The van der Waals surface area contributed by atoms with Gasteiger partial charge in [-0.2, -0.15) is 13.2 Å².